The van der Waals surface area contributed by atoms with Crippen LogP contribution in [-0.4, -0.2) is 20.1 Å². The van der Waals surface area contributed by atoms with Gasteiger partial charge in [0, 0.05) is 42.2 Å². The molecule has 4 rings (SSSR count). The quantitative estimate of drug-likeness (QED) is 0.402. The second kappa shape index (κ2) is 9.67. The first kappa shape index (κ1) is 20.9. The zero-order valence-corrected chi connectivity index (χ0v) is 16.7. The Hall–Kier alpha value is -4.31. The number of pyridine rings is 1. The highest BCUT2D eigenvalue weighted by Crippen LogP contribution is 2.24. The van der Waals surface area contributed by atoms with E-state index in [4.69, 9.17) is 10.3 Å². The van der Waals surface area contributed by atoms with E-state index in [1.165, 1.54) is 18.4 Å². The number of halogens is 1. The van der Waals surface area contributed by atoms with Gasteiger partial charge in [-0.15, -0.1) is 4.91 Å². The molecule has 0 aliphatic rings. The molecule has 9 nitrogen and oxygen atoms in total. The van der Waals surface area contributed by atoms with Gasteiger partial charge < -0.3 is 15.6 Å². The van der Waals surface area contributed by atoms with E-state index in [1.54, 1.807) is 54.9 Å². The van der Waals surface area contributed by atoms with Crippen LogP contribution in [0.5, 0.6) is 0 Å². The minimum Gasteiger partial charge on any atom is -0.379 e. The van der Waals surface area contributed by atoms with Crippen LogP contribution in [0.1, 0.15) is 23.1 Å². The molecule has 32 heavy (non-hydrogen) atoms. The van der Waals surface area contributed by atoms with Crippen LogP contribution < -0.4 is 11.1 Å². The van der Waals surface area contributed by atoms with E-state index >= 15 is 0 Å². The van der Waals surface area contributed by atoms with E-state index < -0.39 is 6.04 Å². The Morgan fingerprint density at radius 3 is 2.81 bits per heavy atom. The maximum absolute atomic E-state index is 14.0. The van der Waals surface area contributed by atoms with E-state index in [9.17, 15) is 9.30 Å². The predicted octanol–water partition coefficient (Wildman–Crippen LogP) is 3.89. The van der Waals surface area contributed by atoms with Gasteiger partial charge in [0.05, 0.1) is 17.4 Å². The molecular weight excluding hydrogens is 413 g/mol. The number of rotatable bonds is 8. The van der Waals surface area contributed by atoms with Crippen LogP contribution in [0.15, 0.2) is 83.0 Å². The highest BCUT2D eigenvalue weighted by atomic mass is 19.1. The topological polar surface area (TPSA) is 132 Å². The summed E-state index contributed by atoms with van der Waals surface area (Å²) in [6.07, 6.45) is 6.27. The number of nitrogens with one attached hydrogen (secondary N) is 1. The molecule has 0 saturated heterocycles. The van der Waals surface area contributed by atoms with Crippen LogP contribution in [0, 0.1) is 10.7 Å². The van der Waals surface area contributed by atoms with Crippen LogP contribution in [0.3, 0.4) is 0 Å². The van der Waals surface area contributed by atoms with Crippen molar-refractivity contribution in [2.24, 2.45) is 10.9 Å². The van der Waals surface area contributed by atoms with Crippen molar-refractivity contribution < 1.29 is 8.91 Å². The van der Waals surface area contributed by atoms with Crippen LogP contribution in [0.2, 0.25) is 0 Å². The van der Waals surface area contributed by atoms with Gasteiger partial charge >= 0.3 is 0 Å². The van der Waals surface area contributed by atoms with Crippen molar-refractivity contribution in [2.75, 3.05) is 0 Å². The van der Waals surface area contributed by atoms with Crippen molar-refractivity contribution in [2.45, 2.75) is 12.6 Å². The smallest absolute Gasteiger partial charge is 0.200 e. The van der Waals surface area contributed by atoms with Crippen molar-refractivity contribution >= 4 is 11.5 Å². The predicted molar refractivity (Wildman–Crippen MR) is 115 cm³/mol. The highest BCUT2D eigenvalue weighted by molar-refractivity contribution is 5.63. The second-order valence-electron chi connectivity index (χ2n) is 6.74. The summed E-state index contributed by atoms with van der Waals surface area (Å²) in [5, 5.41) is 9.98. The standard InChI is InChI=1S/C22H18FN7O2/c23-16-6-2-1-4-14(16)13-26-20(18-7-9-32-30-18)10-17(24)22-27-19(11-21(28-22)29-31)15-5-3-8-25-12-15/h1-12,17,26H,13,24H2/b20-10-. The number of hydrogen-bond donors (Lipinski definition) is 2. The average molecular weight is 431 g/mol. The lowest BCUT2D eigenvalue weighted by molar-refractivity contribution is 0.417. The Morgan fingerprint density at radius 2 is 2.09 bits per heavy atom. The Kier molecular flexibility index (Phi) is 6.33. The Morgan fingerprint density at radius 1 is 1.22 bits per heavy atom. The highest BCUT2D eigenvalue weighted by Gasteiger charge is 2.15. The molecule has 3 N–H and O–H groups in total. The monoisotopic (exact) mass is 431 g/mol. The fourth-order valence-electron chi connectivity index (χ4n) is 2.98. The second-order valence-corrected chi connectivity index (χ2v) is 6.74. The van der Waals surface area contributed by atoms with E-state index in [2.05, 4.69) is 30.6 Å². The van der Waals surface area contributed by atoms with Crippen molar-refractivity contribution in [1.29, 1.82) is 0 Å². The van der Waals surface area contributed by atoms with Gasteiger partial charge in [-0.2, -0.15) is 0 Å². The lowest BCUT2D eigenvalue weighted by Gasteiger charge is -2.13. The molecule has 3 aromatic heterocycles. The average Bonchev–Trinajstić information content (AvgIpc) is 3.37. The molecule has 0 aliphatic heterocycles. The van der Waals surface area contributed by atoms with E-state index in [0.29, 0.717) is 28.2 Å². The molecule has 0 saturated carbocycles. The minimum atomic E-state index is -0.827. The fraction of sp³-hybridized carbons (Fsp3) is 0.0909. The molecule has 0 radical (unpaired) electrons. The van der Waals surface area contributed by atoms with Crippen LogP contribution >= 0.6 is 0 Å². The summed E-state index contributed by atoms with van der Waals surface area (Å²) >= 11 is 0. The molecule has 0 spiro atoms. The van der Waals surface area contributed by atoms with Crippen LogP contribution in [0.25, 0.3) is 17.0 Å². The molecule has 4 aromatic rings. The third-order valence-electron chi connectivity index (χ3n) is 4.57. The van der Waals surface area contributed by atoms with Crippen LogP contribution in [0.4, 0.5) is 10.2 Å². The lowest BCUT2D eigenvalue weighted by atomic mass is 10.1. The van der Waals surface area contributed by atoms with Gasteiger partial charge in [-0.25, -0.2) is 14.4 Å². The minimum absolute atomic E-state index is 0.0556. The molecule has 0 amide bonds. The molecule has 1 aromatic carbocycles. The van der Waals surface area contributed by atoms with Crippen molar-refractivity contribution in [1.82, 2.24) is 25.4 Å². The molecule has 1 atom stereocenters. The molecular formula is C22H18FN7O2. The molecule has 0 aliphatic carbocycles. The normalized spacial score (nSPS) is 12.4. The molecule has 160 valence electrons. The third-order valence-corrected chi connectivity index (χ3v) is 4.57. The van der Waals surface area contributed by atoms with Crippen molar-refractivity contribution in [3.8, 4) is 11.3 Å². The summed E-state index contributed by atoms with van der Waals surface area (Å²) in [6, 6.07) is 12.2. The van der Waals surface area contributed by atoms with Crippen molar-refractivity contribution in [3.05, 3.63) is 101 Å². The first-order chi connectivity index (χ1) is 15.6. The van der Waals surface area contributed by atoms with Gasteiger partial charge in [-0.05, 0) is 29.5 Å². The van der Waals surface area contributed by atoms with Gasteiger partial charge in [0.15, 0.2) is 11.6 Å². The number of hydrogen-bond acceptors (Lipinski definition) is 9. The number of nitrogens with zero attached hydrogens (tertiary/aromatic N) is 5. The number of nitrogens with two attached hydrogens (primary N) is 1. The van der Waals surface area contributed by atoms with Crippen LogP contribution in [-0.2, 0) is 6.54 Å². The first-order valence-corrected chi connectivity index (χ1v) is 9.62. The summed E-state index contributed by atoms with van der Waals surface area (Å²) in [6.45, 7) is 0.190. The third kappa shape index (κ3) is 4.87. The van der Waals surface area contributed by atoms with E-state index in [0.717, 1.165) is 0 Å². The maximum atomic E-state index is 14.0. The molecule has 1 unspecified atom stereocenters. The van der Waals surface area contributed by atoms with E-state index in [-0.39, 0.29) is 24.0 Å². The Labute approximate surface area is 182 Å². The molecule has 0 fully saturated rings. The zero-order valence-electron chi connectivity index (χ0n) is 16.7. The van der Waals surface area contributed by atoms with E-state index in [1.807, 2.05) is 0 Å². The number of aromatic nitrogens is 4. The van der Waals surface area contributed by atoms with Gasteiger partial charge in [0.25, 0.3) is 0 Å². The first-order valence-electron chi connectivity index (χ1n) is 9.62. The maximum Gasteiger partial charge on any atom is 0.200 e. The summed E-state index contributed by atoms with van der Waals surface area (Å²) < 4.78 is 18.9. The SMILES string of the molecule is NC(/C=C(\NCc1ccccc1F)c1ccon1)c1nc(N=O)cc(-c2cccnc2)n1. The summed E-state index contributed by atoms with van der Waals surface area (Å²) in [7, 11) is 0. The Balaban J connectivity index is 1.66. The fourth-order valence-corrected chi connectivity index (χ4v) is 2.98. The number of benzene rings is 1. The van der Waals surface area contributed by atoms with Gasteiger partial charge in [-0.1, -0.05) is 23.4 Å². The Bertz CT molecular complexity index is 1230. The summed E-state index contributed by atoms with van der Waals surface area (Å²) in [5.74, 6) is -0.215. The molecule has 0 bridgehead atoms. The van der Waals surface area contributed by atoms with Crippen molar-refractivity contribution in [3.63, 3.8) is 0 Å². The zero-order chi connectivity index (χ0) is 22.3. The molecule has 10 heteroatoms. The summed E-state index contributed by atoms with van der Waals surface area (Å²) in [5.41, 5.74) is 8.91. The van der Waals surface area contributed by atoms with Gasteiger partial charge in [-0.3, -0.25) is 4.98 Å². The largest absolute Gasteiger partial charge is 0.379 e. The van der Waals surface area contributed by atoms with Gasteiger partial charge in [0.1, 0.15) is 17.8 Å². The molecule has 3 heterocycles. The summed E-state index contributed by atoms with van der Waals surface area (Å²) in [4.78, 5) is 23.8. The number of nitroso groups, excluding NO2 is 1. The lowest BCUT2D eigenvalue weighted by Crippen LogP contribution is -2.18. The van der Waals surface area contributed by atoms with Gasteiger partial charge in [0.2, 0.25) is 0 Å².